The third kappa shape index (κ3) is 11.8. The van der Waals surface area contributed by atoms with Crippen molar-refractivity contribution in [3.8, 4) is 0 Å². The van der Waals surface area contributed by atoms with Crippen LogP contribution in [0.1, 0.15) is 32.6 Å². The highest BCUT2D eigenvalue weighted by Gasteiger charge is 2.31. The van der Waals surface area contributed by atoms with Crippen LogP contribution in [-0.2, 0) is 8.85 Å². The fourth-order valence-electron chi connectivity index (χ4n) is 2.32. The number of hydrogen-bond acceptors (Lipinski definition) is 3. The molecule has 0 spiro atoms. The lowest BCUT2D eigenvalue weighted by molar-refractivity contribution is 0.116. The maximum atomic E-state index is 8.66. The first-order valence-corrected chi connectivity index (χ1v) is 13.9. The van der Waals surface area contributed by atoms with Crippen LogP contribution < -0.4 is 0 Å². The monoisotopic (exact) mass is 306 g/mol. The van der Waals surface area contributed by atoms with Gasteiger partial charge in [-0.3, -0.25) is 0 Å². The molecule has 0 aromatic rings. The quantitative estimate of drug-likeness (QED) is 0.437. The molecule has 0 aliphatic heterocycles. The fourth-order valence-corrected chi connectivity index (χ4v) is 11.3. The van der Waals surface area contributed by atoms with Gasteiger partial charge >= 0.3 is 0 Å². The lowest BCUT2D eigenvalue weighted by atomic mass is 10.4. The molecule has 0 radical (unpaired) electrons. The van der Waals surface area contributed by atoms with E-state index < -0.39 is 16.6 Å². The highest BCUT2D eigenvalue weighted by Crippen LogP contribution is 2.24. The minimum atomic E-state index is -1.52. The molecule has 0 heterocycles. The molecule has 0 saturated heterocycles. The average molecular weight is 307 g/mol. The molecular formula is C14H34O3Si2. The molecule has 0 atom stereocenters. The van der Waals surface area contributed by atoms with E-state index in [1.165, 1.54) is 24.9 Å². The molecule has 0 bridgehead atoms. The predicted octanol–water partition coefficient (Wildman–Crippen LogP) is 4.00. The van der Waals surface area contributed by atoms with Crippen LogP contribution in [0.15, 0.2) is 0 Å². The summed E-state index contributed by atoms with van der Waals surface area (Å²) in [6, 6.07) is 2.46. The van der Waals surface area contributed by atoms with E-state index in [2.05, 4.69) is 33.1 Å². The molecule has 0 aromatic carbocycles. The topological polar surface area (TPSA) is 38.7 Å². The normalized spacial score (nSPS) is 12.9. The number of hydrogen-bond donors (Lipinski definition) is 1. The number of unbranched alkanes of at least 4 members (excludes halogenated alkanes) is 1. The summed E-state index contributed by atoms with van der Waals surface area (Å²) in [5.74, 6) is 0. The van der Waals surface area contributed by atoms with Gasteiger partial charge < -0.3 is 14.0 Å². The van der Waals surface area contributed by atoms with Crippen LogP contribution in [0.4, 0.5) is 0 Å². The van der Waals surface area contributed by atoms with Gasteiger partial charge in [-0.25, -0.2) is 0 Å². The second-order valence-corrected chi connectivity index (χ2v) is 15.4. The van der Waals surface area contributed by atoms with Gasteiger partial charge in [0.25, 0.3) is 0 Å². The maximum Gasteiger partial charge on any atom is 0.173 e. The van der Waals surface area contributed by atoms with Crippen molar-refractivity contribution < 1.29 is 14.0 Å². The summed E-state index contributed by atoms with van der Waals surface area (Å²) >= 11 is 0. The predicted molar refractivity (Wildman–Crippen MR) is 87.7 cm³/mol. The molecule has 0 aliphatic rings. The highest BCUT2D eigenvalue weighted by atomic mass is 28.4. The summed E-state index contributed by atoms with van der Waals surface area (Å²) in [7, 11) is -2.98. The molecule has 0 aliphatic carbocycles. The van der Waals surface area contributed by atoms with Crippen molar-refractivity contribution in [2.45, 2.75) is 70.9 Å². The van der Waals surface area contributed by atoms with Crippen molar-refractivity contribution in [2.75, 3.05) is 19.8 Å². The Kier molecular flexibility index (Phi) is 10.3. The number of aliphatic hydroxyl groups excluding tert-OH is 1. The Morgan fingerprint density at radius 2 is 1.37 bits per heavy atom. The summed E-state index contributed by atoms with van der Waals surface area (Å²) in [5, 5.41) is 8.66. The van der Waals surface area contributed by atoms with E-state index in [9.17, 15) is 0 Å². The number of rotatable bonds is 12. The Morgan fingerprint density at radius 3 is 1.89 bits per heavy atom. The molecule has 5 heteroatoms. The van der Waals surface area contributed by atoms with Crippen molar-refractivity contribution in [3.05, 3.63) is 0 Å². The summed E-state index contributed by atoms with van der Waals surface area (Å²) in [6.45, 7) is 13.3. The van der Waals surface area contributed by atoms with Gasteiger partial charge in [-0.15, -0.1) is 0 Å². The van der Waals surface area contributed by atoms with Crippen LogP contribution in [0.5, 0.6) is 0 Å². The SMILES string of the molecule is CCCC[Si](C)(C)O[Si](C)(C)CCCOCCCO. The van der Waals surface area contributed by atoms with Crippen LogP contribution in [0, 0.1) is 0 Å². The van der Waals surface area contributed by atoms with Crippen molar-refractivity contribution in [1.29, 1.82) is 0 Å². The lowest BCUT2D eigenvalue weighted by Gasteiger charge is -2.34. The van der Waals surface area contributed by atoms with Gasteiger partial charge in [0.15, 0.2) is 16.6 Å². The zero-order valence-corrected chi connectivity index (χ0v) is 15.6. The minimum absolute atomic E-state index is 0.223. The van der Waals surface area contributed by atoms with E-state index >= 15 is 0 Å². The minimum Gasteiger partial charge on any atom is -0.455 e. The molecular weight excluding hydrogens is 272 g/mol. The Bertz CT molecular complexity index is 221. The number of ether oxygens (including phenoxy) is 1. The van der Waals surface area contributed by atoms with E-state index in [0.717, 1.165) is 19.4 Å². The third-order valence-corrected chi connectivity index (χ3v) is 10.7. The van der Waals surface area contributed by atoms with E-state index in [-0.39, 0.29) is 6.61 Å². The number of aliphatic hydroxyl groups is 1. The molecule has 0 fully saturated rings. The summed E-state index contributed by atoms with van der Waals surface area (Å²) in [6.07, 6.45) is 4.39. The Morgan fingerprint density at radius 1 is 0.842 bits per heavy atom. The summed E-state index contributed by atoms with van der Waals surface area (Å²) < 4.78 is 12.0. The van der Waals surface area contributed by atoms with E-state index in [0.29, 0.717) is 6.61 Å². The zero-order valence-electron chi connectivity index (χ0n) is 13.6. The molecule has 0 rings (SSSR count). The van der Waals surface area contributed by atoms with Gasteiger partial charge in [0.05, 0.1) is 0 Å². The first-order valence-electron chi connectivity index (χ1n) is 7.72. The maximum absolute atomic E-state index is 8.66. The largest absolute Gasteiger partial charge is 0.455 e. The second-order valence-electron chi connectivity index (χ2n) is 6.52. The molecule has 0 saturated carbocycles. The summed E-state index contributed by atoms with van der Waals surface area (Å²) in [4.78, 5) is 0. The molecule has 19 heavy (non-hydrogen) atoms. The van der Waals surface area contributed by atoms with Gasteiger partial charge in [0, 0.05) is 19.8 Å². The average Bonchev–Trinajstić information content (AvgIpc) is 2.30. The van der Waals surface area contributed by atoms with Gasteiger partial charge in [-0.2, -0.15) is 0 Å². The smallest absolute Gasteiger partial charge is 0.173 e. The van der Waals surface area contributed by atoms with Gasteiger partial charge in [0.2, 0.25) is 0 Å². The van der Waals surface area contributed by atoms with Crippen molar-refractivity contribution in [1.82, 2.24) is 0 Å². The second kappa shape index (κ2) is 10.1. The van der Waals surface area contributed by atoms with E-state index in [1.807, 2.05) is 0 Å². The lowest BCUT2D eigenvalue weighted by Crippen LogP contribution is -2.44. The van der Waals surface area contributed by atoms with Crippen LogP contribution in [0.25, 0.3) is 0 Å². The van der Waals surface area contributed by atoms with E-state index in [4.69, 9.17) is 14.0 Å². The zero-order chi connectivity index (χ0) is 14.8. The van der Waals surface area contributed by atoms with Crippen molar-refractivity contribution in [3.63, 3.8) is 0 Å². The van der Waals surface area contributed by atoms with Crippen molar-refractivity contribution in [2.24, 2.45) is 0 Å². The first kappa shape index (κ1) is 19.3. The Hall–Kier alpha value is 0.314. The van der Waals surface area contributed by atoms with Crippen LogP contribution in [0.3, 0.4) is 0 Å². The van der Waals surface area contributed by atoms with Gasteiger partial charge in [0.1, 0.15) is 0 Å². The Balaban J connectivity index is 3.83. The molecule has 116 valence electrons. The molecule has 0 amide bonds. The van der Waals surface area contributed by atoms with Gasteiger partial charge in [-0.05, 0) is 51.1 Å². The fraction of sp³-hybridized carbons (Fsp3) is 1.00. The van der Waals surface area contributed by atoms with Crippen LogP contribution in [-0.4, -0.2) is 41.6 Å². The molecule has 0 unspecified atom stereocenters. The van der Waals surface area contributed by atoms with Crippen LogP contribution in [0.2, 0.25) is 38.3 Å². The van der Waals surface area contributed by atoms with E-state index in [1.54, 1.807) is 0 Å². The molecule has 3 nitrogen and oxygen atoms in total. The standard InChI is InChI=1S/C14H34O3Si2/c1-6-7-13-18(2,3)17-19(4,5)14-9-12-16-11-8-10-15/h15H,6-14H2,1-5H3. The van der Waals surface area contributed by atoms with Crippen LogP contribution >= 0.6 is 0 Å². The summed E-state index contributed by atoms with van der Waals surface area (Å²) in [5.41, 5.74) is 0. The molecule has 0 aromatic heterocycles. The van der Waals surface area contributed by atoms with Crippen molar-refractivity contribution >= 4 is 16.6 Å². The first-order chi connectivity index (χ1) is 8.83. The third-order valence-electron chi connectivity index (χ3n) is 3.20. The Labute approximate surface area is 122 Å². The highest BCUT2D eigenvalue weighted by molar-refractivity contribution is 6.84. The molecule has 1 N–H and O–H groups in total. The van der Waals surface area contributed by atoms with Gasteiger partial charge in [-0.1, -0.05) is 19.8 Å².